The summed E-state index contributed by atoms with van der Waals surface area (Å²) in [6.45, 7) is 1.20. The highest BCUT2D eigenvalue weighted by molar-refractivity contribution is 6.34. The predicted molar refractivity (Wildman–Crippen MR) is 145 cm³/mol. The Morgan fingerprint density at radius 2 is 1.88 bits per heavy atom. The molecular formula is C27H29ClF2N6O4. The van der Waals surface area contributed by atoms with Crippen LogP contribution in [0.15, 0.2) is 36.5 Å². The minimum absolute atomic E-state index is 0.0111. The van der Waals surface area contributed by atoms with E-state index in [1.165, 1.54) is 49.2 Å². The number of amides is 3. The number of hydrogen-bond donors (Lipinski definition) is 3. The average Bonchev–Trinajstić information content (AvgIpc) is 3.31. The minimum atomic E-state index is -1.14. The van der Waals surface area contributed by atoms with Gasteiger partial charge < -0.3 is 30.6 Å². The molecule has 0 saturated carbocycles. The number of anilines is 1. The number of imidazole rings is 1. The number of nitrogens with two attached hydrogens (primary N) is 1. The molecule has 3 amide bonds. The van der Waals surface area contributed by atoms with E-state index < -0.39 is 17.5 Å². The van der Waals surface area contributed by atoms with E-state index in [1.807, 2.05) is 0 Å². The molecule has 13 heteroatoms. The fraction of sp³-hybridized carbons (Fsp3) is 0.333. The van der Waals surface area contributed by atoms with Crippen LogP contribution in [0.2, 0.25) is 5.02 Å². The number of aromatic nitrogens is 2. The van der Waals surface area contributed by atoms with Gasteiger partial charge in [0.1, 0.15) is 0 Å². The zero-order valence-corrected chi connectivity index (χ0v) is 22.7. The van der Waals surface area contributed by atoms with Crippen molar-refractivity contribution < 1.29 is 27.9 Å². The molecule has 0 spiro atoms. The average molecular weight is 575 g/mol. The Kier molecular flexibility index (Phi) is 9.00. The molecule has 212 valence electrons. The maximum absolute atomic E-state index is 14.6. The van der Waals surface area contributed by atoms with E-state index in [2.05, 4.69) is 15.6 Å². The second-order valence-corrected chi connectivity index (χ2v) is 9.70. The fourth-order valence-electron chi connectivity index (χ4n) is 4.54. The molecular weight excluding hydrogens is 546 g/mol. The van der Waals surface area contributed by atoms with Gasteiger partial charge >= 0.3 is 0 Å². The van der Waals surface area contributed by atoms with Crippen molar-refractivity contribution in [2.75, 3.05) is 32.1 Å². The van der Waals surface area contributed by atoms with Gasteiger partial charge in [-0.15, -0.1) is 0 Å². The van der Waals surface area contributed by atoms with Crippen molar-refractivity contribution in [1.29, 1.82) is 0 Å². The third-order valence-electron chi connectivity index (χ3n) is 6.71. The van der Waals surface area contributed by atoms with E-state index in [0.717, 1.165) is 0 Å². The molecule has 1 aromatic heterocycles. The molecule has 0 unspecified atom stereocenters. The van der Waals surface area contributed by atoms with Crippen LogP contribution in [-0.4, -0.2) is 65.0 Å². The largest absolute Gasteiger partial charge is 0.494 e. The highest BCUT2D eigenvalue weighted by Gasteiger charge is 2.26. The van der Waals surface area contributed by atoms with Crippen LogP contribution in [0, 0.1) is 11.6 Å². The van der Waals surface area contributed by atoms with Crippen molar-refractivity contribution in [1.82, 2.24) is 19.8 Å². The monoisotopic (exact) mass is 574 g/mol. The fourth-order valence-corrected chi connectivity index (χ4v) is 4.80. The molecule has 1 aliphatic rings. The summed E-state index contributed by atoms with van der Waals surface area (Å²) in [6.07, 6.45) is 2.76. The third kappa shape index (κ3) is 6.07. The topological polar surface area (TPSA) is 132 Å². The van der Waals surface area contributed by atoms with Crippen molar-refractivity contribution >= 4 is 35.0 Å². The number of carbonyl (C=O) groups excluding carboxylic acids is 3. The molecule has 4 N–H and O–H groups in total. The molecule has 40 heavy (non-hydrogen) atoms. The van der Waals surface area contributed by atoms with Crippen molar-refractivity contribution in [3.63, 3.8) is 0 Å². The van der Waals surface area contributed by atoms with Crippen LogP contribution in [0.5, 0.6) is 5.75 Å². The van der Waals surface area contributed by atoms with Crippen LogP contribution in [0.3, 0.4) is 0 Å². The summed E-state index contributed by atoms with van der Waals surface area (Å²) in [5.74, 6) is -3.53. The molecule has 1 aliphatic heterocycles. The van der Waals surface area contributed by atoms with E-state index in [0.29, 0.717) is 31.6 Å². The van der Waals surface area contributed by atoms with Gasteiger partial charge in [-0.3, -0.25) is 14.4 Å². The van der Waals surface area contributed by atoms with Gasteiger partial charge in [-0.2, -0.15) is 4.39 Å². The second kappa shape index (κ2) is 12.4. The summed E-state index contributed by atoms with van der Waals surface area (Å²) in [5, 5.41) is 5.73. The van der Waals surface area contributed by atoms with Crippen LogP contribution in [0.25, 0.3) is 11.3 Å². The molecule has 0 aliphatic carbocycles. The highest BCUT2D eigenvalue weighted by Crippen LogP contribution is 2.30. The lowest BCUT2D eigenvalue weighted by atomic mass is 10.0. The van der Waals surface area contributed by atoms with Crippen LogP contribution in [0.4, 0.5) is 14.5 Å². The van der Waals surface area contributed by atoms with Crippen LogP contribution < -0.4 is 21.1 Å². The first-order valence-corrected chi connectivity index (χ1v) is 13.0. The van der Waals surface area contributed by atoms with E-state index in [4.69, 9.17) is 22.1 Å². The number of halogens is 3. The van der Waals surface area contributed by atoms with E-state index >= 15 is 0 Å². The number of carbonyl (C=O) groups is 3. The van der Waals surface area contributed by atoms with Crippen LogP contribution in [0.1, 0.15) is 40.2 Å². The Morgan fingerprint density at radius 3 is 2.52 bits per heavy atom. The third-order valence-corrected chi connectivity index (χ3v) is 7.02. The van der Waals surface area contributed by atoms with Crippen molar-refractivity contribution in [2.45, 2.75) is 25.3 Å². The summed E-state index contributed by atoms with van der Waals surface area (Å²) in [4.78, 5) is 43.5. The molecule has 0 atom stereocenters. The first-order valence-electron chi connectivity index (χ1n) is 12.6. The number of rotatable bonds is 8. The van der Waals surface area contributed by atoms with Gasteiger partial charge in [0.25, 0.3) is 11.8 Å². The predicted octanol–water partition coefficient (Wildman–Crippen LogP) is 3.35. The number of likely N-dealkylation sites (tertiary alicyclic amines) is 1. The van der Waals surface area contributed by atoms with Crippen molar-refractivity contribution in [2.24, 2.45) is 12.8 Å². The lowest BCUT2D eigenvalue weighted by Gasteiger charge is -2.32. The Labute approximate surface area is 234 Å². The normalized spacial score (nSPS) is 13.7. The van der Waals surface area contributed by atoms with E-state index in [1.54, 1.807) is 11.0 Å². The van der Waals surface area contributed by atoms with Crippen LogP contribution >= 0.6 is 11.6 Å². The Hall–Kier alpha value is -4.03. The Morgan fingerprint density at radius 1 is 1.15 bits per heavy atom. The lowest BCUT2D eigenvalue weighted by Crippen LogP contribution is -2.46. The number of methoxy groups -OCH3 is 1. The van der Waals surface area contributed by atoms with Gasteiger partial charge in [-0.1, -0.05) is 11.6 Å². The summed E-state index contributed by atoms with van der Waals surface area (Å²) in [6, 6.07) is 7.13. The van der Waals surface area contributed by atoms with E-state index in [9.17, 15) is 23.2 Å². The minimum Gasteiger partial charge on any atom is -0.494 e. The lowest BCUT2D eigenvalue weighted by molar-refractivity contribution is -0.121. The number of ether oxygens (including phenoxy) is 1. The summed E-state index contributed by atoms with van der Waals surface area (Å²) < 4.78 is 34.9. The molecule has 2 aromatic carbocycles. The van der Waals surface area contributed by atoms with Gasteiger partial charge in [0, 0.05) is 50.4 Å². The molecule has 10 nitrogen and oxygen atoms in total. The number of hydrogen-bond acceptors (Lipinski definition) is 6. The molecule has 0 radical (unpaired) electrons. The zero-order chi connectivity index (χ0) is 29.0. The molecule has 1 fully saturated rings. The standard InChI is InChI=1S/C27H29ClF2N6O4/c1-35-20(18-5-6-21(40-2)24(30)23(18)29)14-32-25(35)26(38)34-16-3-4-17(19(28)13-16)27(39)36-11-8-15(9-12-36)33-22(37)7-10-31/h3-6,13-15H,7-12,31H2,1-2H3,(H,33,37)(H,34,38). The molecule has 4 rings (SSSR count). The van der Waals surface area contributed by atoms with Gasteiger partial charge in [0.2, 0.25) is 11.7 Å². The van der Waals surface area contributed by atoms with Crippen molar-refractivity contribution in [3.05, 3.63) is 64.6 Å². The maximum Gasteiger partial charge on any atom is 0.291 e. The first kappa shape index (κ1) is 29.0. The Balaban J connectivity index is 1.41. The number of nitrogens with zero attached hydrogens (tertiary/aromatic N) is 3. The first-order chi connectivity index (χ1) is 19.1. The SMILES string of the molecule is COc1ccc(-c2cnc(C(=O)Nc3ccc(C(=O)N4CCC(NC(=O)CCN)CC4)c(Cl)c3)n2C)c(F)c1F. The molecule has 0 bridgehead atoms. The molecule has 1 saturated heterocycles. The summed E-state index contributed by atoms with van der Waals surface area (Å²) in [7, 11) is 2.73. The summed E-state index contributed by atoms with van der Waals surface area (Å²) in [5.41, 5.74) is 6.11. The van der Waals surface area contributed by atoms with Gasteiger partial charge in [-0.25, -0.2) is 9.37 Å². The van der Waals surface area contributed by atoms with Gasteiger partial charge in [0.15, 0.2) is 17.4 Å². The maximum atomic E-state index is 14.6. The Bertz CT molecular complexity index is 1440. The van der Waals surface area contributed by atoms with Crippen molar-refractivity contribution in [3.8, 4) is 17.0 Å². The number of benzene rings is 2. The molecule has 2 heterocycles. The molecule has 3 aromatic rings. The number of piperidine rings is 1. The quantitative estimate of drug-likeness (QED) is 0.378. The van der Waals surface area contributed by atoms with Crippen LogP contribution in [-0.2, 0) is 11.8 Å². The summed E-state index contributed by atoms with van der Waals surface area (Å²) >= 11 is 6.40. The van der Waals surface area contributed by atoms with Gasteiger partial charge in [-0.05, 0) is 43.2 Å². The zero-order valence-electron chi connectivity index (χ0n) is 22.0. The second-order valence-electron chi connectivity index (χ2n) is 9.29. The van der Waals surface area contributed by atoms with Gasteiger partial charge in [0.05, 0.1) is 29.6 Å². The highest BCUT2D eigenvalue weighted by atomic mass is 35.5. The smallest absolute Gasteiger partial charge is 0.291 e. The number of nitrogens with one attached hydrogen (secondary N) is 2. The van der Waals surface area contributed by atoms with E-state index in [-0.39, 0.29) is 64.2 Å².